The zero-order chi connectivity index (χ0) is 41.2. The fourth-order valence-corrected chi connectivity index (χ4v) is 5.96. The molecule has 57 heavy (non-hydrogen) atoms. The van der Waals surface area contributed by atoms with Crippen LogP contribution in [0.2, 0.25) is 0 Å². The van der Waals surface area contributed by atoms with Crippen LogP contribution < -0.4 is 20.9 Å². The number of carbonyl (C=O) groups excluding carboxylic acids is 6. The van der Waals surface area contributed by atoms with Gasteiger partial charge in [-0.2, -0.15) is 0 Å². The Morgan fingerprint density at radius 3 is 2.00 bits per heavy atom. The zero-order valence-corrected chi connectivity index (χ0v) is 32.4. The number of benzene rings is 3. The van der Waals surface area contributed by atoms with E-state index in [0.29, 0.717) is 24.8 Å². The molecular formula is C42H48N4O11. The van der Waals surface area contributed by atoms with Gasteiger partial charge in [0.25, 0.3) is 11.8 Å². The SMILES string of the molecule is CCOc1cc(-c2ccc(C(=O)NCNC(=O)[C@H](CCc3ccccc3)[C@@H](CC)C(=O)NOCc3ccccc3)o2)ccc1C(=O)N(CC(=O)OC)CC(=O)OC. The standard InChI is InChI=1S/C42H48N4O11/c1-5-31(40(50)45-56-26-29-15-11-8-12-16-29)32(19-17-28-13-9-7-10-14-28)39(49)43-27-44-41(51)35-22-21-34(57-35)30-18-20-33(36(23-30)55-6-2)42(52)46(24-37(47)53-3)25-38(48)54-4/h7-16,18,20-23,31-32H,5-6,17,19,24-27H2,1-4H3,(H,43,49)(H,44,51)(H,45,50)/t31-,32-/m1/s1. The molecule has 2 atom stereocenters. The second-order valence-corrected chi connectivity index (χ2v) is 12.7. The quantitative estimate of drug-likeness (QED) is 0.0614. The lowest BCUT2D eigenvalue weighted by atomic mass is 9.84. The molecule has 0 fully saturated rings. The molecule has 3 aromatic carbocycles. The molecule has 0 bridgehead atoms. The van der Waals surface area contributed by atoms with E-state index in [9.17, 15) is 28.8 Å². The summed E-state index contributed by atoms with van der Waals surface area (Å²) in [6.45, 7) is 2.67. The maximum absolute atomic E-state index is 13.6. The third-order valence-electron chi connectivity index (χ3n) is 8.96. The maximum Gasteiger partial charge on any atom is 0.325 e. The molecule has 4 aromatic rings. The monoisotopic (exact) mass is 784 g/mol. The smallest absolute Gasteiger partial charge is 0.325 e. The number of rotatable bonds is 21. The highest BCUT2D eigenvalue weighted by Crippen LogP contribution is 2.30. The van der Waals surface area contributed by atoms with E-state index in [4.69, 9.17) is 14.0 Å². The number of hydroxylamine groups is 1. The fraction of sp³-hybridized carbons (Fsp3) is 0.333. The highest BCUT2D eigenvalue weighted by Gasteiger charge is 2.33. The minimum absolute atomic E-state index is 0.0540. The van der Waals surface area contributed by atoms with Gasteiger partial charge < -0.3 is 34.2 Å². The first-order chi connectivity index (χ1) is 27.6. The number of methoxy groups -OCH3 is 2. The fourth-order valence-electron chi connectivity index (χ4n) is 5.96. The van der Waals surface area contributed by atoms with Crippen molar-refractivity contribution in [3.8, 4) is 17.1 Å². The van der Waals surface area contributed by atoms with E-state index in [2.05, 4.69) is 25.6 Å². The molecule has 0 unspecified atom stereocenters. The second-order valence-electron chi connectivity index (χ2n) is 12.7. The molecule has 1 heterocycles. The number of aryl methyl sites for hydroxylation is 1. The van der Waals surface area contributed by atoms with Crippen molar-refractivity contribution in [2.75, 3.05) is 40.6 Å². The number of amides is 4. The van der Waals surface area contributed by atoms with Gasteiger partial charge in [0.2, 0.25) is 11.8 Å². The molecule has 0 aliphatic heterocycles. The summed E-state index contributed by atoms with van der Waals surface area (Å²) in [6.07, 6.45) is 1.29. The van der Waals surface area contributed by atoms with Crippen LogP contribution in [0.5, 0.6) is 5.75 Å². The Morgan fingerprint density at radius 2 is 1.39 bits per heavy atom. The molecule has 0 aliphatic rings. The molecule has 1 aromatic heterocycles. The largest absolute Gasteiger partial charge is 0.493 e. The topological polar surface area (TPSA) is 192 Å². The van der Waals surface area contributed by atoms with Crippen LogP contribution in [-0.2, 0) is 46.5 Å². The first kappa shape index (κ1) is 43.3. The molecule has 0 radical (unpaired) electrons. The normalized spacial score (nSPS) is 11.7. The Balaban J connectivity index is 1.41. The summed E-state index contributed by atoms with van der Waals surface area (Å²) in [4.78, 5) is 83.9. The Kier molecular flexibility index (Phi) is 16.8. The van der Waals surface area contributed by atoms with Crippen molar-refractivity contribution in [3.63, 3.8) is 0 Å². The van der Waals surface area contributed by atoms with Crippen LogP contribution in [0.1, 0.15) is 58.7 Å². The molecule has 0 saturated carbocycles. The third kappa shape index (κ3) is 12.8. The molecule has 302 valence electrons. The number of carbonyl (C=O) groups is 6. The van der Waals surface area contributed by atoms with Gasteiger partial charge in [-0.05, 0) is 61.6 Å². The number of hydrogen-bond acceptors (Lipinski definition) is 11. The molecule has 15 nitrogen and oxygen atoms in total. The van der Waals surface area contributed by atoms with Crippen molar-refractivity contribution in [1.82, 2.24) is 21.0 Å². The minimum Gasteiger partial charge on any atom is -0.493 e. The molecule has 3 N–H and O–H groups in total. The van der Waals surface area contributed by atoms with E-state index < -0.39 is 60.5 Å². The summed E-state index contributed by atoms with van der Waals surface area (Å²) in [5.74, 6) is -4.65. The average molecular weight is 785 g/mol. The Morgan fingerprint density at radius 1 is 0.737 bits per heavy atom. The number of furan rings is 1. The van der Waals surface area contributed by atoms with Crippen LogP contribution >= 0.6 is 0 Å². The number of nitrogens with one attached hydrogen (secondary N) is 3. The van der Waals surface area contributed by atoms with Crippen molar-refractivity contribution < 1.29 is 52.2 Å². The van der Waals surface area contributed by atoms with Gasteiger partial charge in [-0.1, -0.05) is 73.7 Å². The number of ether oxygens (including phenoxy) is 3. The summed E-state index contributed by atoms with van der Waals surface area (Å²) in [5, 5.41) is 5.37. The van der Waals surface area contributed by atoms with Crippen LogP contribution in [0.15, 0.2) is 95.4 Å². The number of nitrogens with zero attached hydrogens (tertiary/aromatic N) is 1. The van der Waals surface area contributed by atoms with Gasteiger partial charge in [-0.3, -0.25) is 33.6 Å². The molecule has 4 rings (SSSR count). The first-order valence-corrected chi connectivity index (χ1v) is 18.4. The van der Waals surface area contributed by atoms with Gasteiger partial charge in [0.05, 0.1) is 45.6 Å². The first-order valence-electron chi connectivity index (χ1n) is 18.4. The average Bonchev–Trinajstić information content (AvgIpc) is 3.73. The Bertz CT molecular complexity index is 1950. The second kappa shape index (κ2) is 22.2. The van der Waals surface area contributed by atoms with Gasteiger partial charge in [0, 0.05) is 11.5 Å². The van der Waals surface area contributed by atoms with Crippen LogP contribution in [0.4, 0.5) is 0 Å². The number of esters is 2. The predicted octanol–water partition coefficient (Wildman–Crippen LogP) is 4.46. The summed E-state index contributed by atoms with van der Waals surface area (Å²) in [7, 11) is 2.33. The molecule has 0 saturated heterocycles. The van der Waals surface area contributed by atoms with Gasteiger partial charge >= 0.3 is 11.9 Å². The van der Waals surface area contributed by atoms with Gasteiger partial charge in [-0.15, -0.1) is 0 Å². The summed E-state index contributed by atoms with van der Waals surface area (Å²) >= 11 is 0. The third-order valence-corrected chi connectivity index (χ3v) is 8.96. The van der Waals surface area contributed by atoms with Gasteiger partial charge in [0.15, 0.2) is 5.76 Å². The van der Waals surface area contributed by atoms with E-state index in [1.807, 2.05) is 67.6 Å². The Hall–Kier alpha value is -6.48. The van der Waals surface area contributed by atoms with Crippen molar-refractivity contribution in [2.45, 2.75) is 39.7 Å². The Labute approximate surface area is 330 Å². The maximum atomic E-state index is 13.6. The highest BCUT2D eigenvalue weighted by atomic mass is 16.7. The van der Waals surface area contributed by atoms with E-state index in [1.165, 1.54) is 18.2 Å². The molecular weight excluding hydrogens is 736 g/mol. The van der Waals surface area contributed by atoms with Crippen LogP contribution in [0.25, 0.3) is 11.3 Å². The summed E-state index contributed by atoms with van der Waals surface area (Å²) in [6, 6.07) is 26.6. The van der Waals surface area contributed by atoms with Crippen LogP contribution in [-0.4, -0.2) is 81.1 Å². The van der Waals surface area contributed by atoms with Crippen LogP contribution in [0, 0.1) is 11.8 Å². The lowest BCUT2D eigenvalue weighted by molar-refractivity contribution is -0.145. The molecule has 4 amide bonds. The van der Waals surface area contributed by atoms with E-state index in [0.717, 1.165) is 30.2 Å². The van der Waals surface area contributed by atoms with Gasteiger partial charge in [-0.25, -0.2) is 5.48 Å². The molecule has 0 spiro atoms. The molecule has 0 aliphatic carbocycles. The number of hydrogen-bond donors (Lipinski definition) is 3. The lowest BCUT2D eigenvalue weighted by Gasteiger charge is -2.25. The summed E-state index contributed by atoms with van der Waals surface area (Å²) < 4.78 is 20.9. The van der Waals surface area contributed by atoms with E-state index >= 15 is 0 Å². The van der Waals surface area contributed by atoms with E-state index in [-0.39, 0.29) is 42.7 Å². The van der Waals surface area contributed by atoms with Crippen molar-refractivity contribution in [3.05, 3.63) is 113 Å². The zero-order valence-electron chi connectivity index (χ0n) is 32.4. The van der Waals surface area contributed by atoms with Gasteiger partial charge in [0.1, 0.15) is 24.6 Å². The molecule has 15 heteroatoms. The minimum atomic E-state index is -0.733. The predicted molar refractivity (Wildman–Crippen MR) is 207 cm³/mol. The van der Waals surface area contributed by atoms with Crippen molar-refractivity contribution >= 4 is 35.6 Å². The summed E-state index contributed by atoms with van der Waals surface area (Å²) in [5.41, 5.74) is 4.93. The highest BCUT2D eigenvalue weighted by molar-refractivity contribution is 6.00. The van der Waals surface area contributed by atoms with E-state index in [1.54, 1.807) is 19.1 Å². The van der Waals surface area contributed by atoms with Crippen molar-refractivity contribution in [1.29, 1.82) is 0 Å². The van der Waals surface area contributed by atoms with Crippen molar-refractivity contribution in [2.24, 2.45) is 11.8 Å². The lowest BCUT2D eigenvalue weighted by Crippen LogP contribution is -2.45. The van der Waals surface area contributed by atoms with Crippen LogP contribution in [0.3, 0.4) is 0 Å².